The van der Waals surface area contributed by atoms with Crippen molar-refractivity contribution in [2.24, 2.45) is 17.8 Å². The van der Waals surface area contributed by atoms with Gasteiger partial charge in [0, 0.05) is 6.04 Å². The molecule has 0 aliphatic heterocycles. The molecule has 1 amide bonds. The van der Waals surface area contributed by atoms with E-state index in [2.05, 4.69) is 5.32 Å². The monoisotopic (exact) mass is 241 g/mol. The largest absolute Gasteiger partial charge is 0.481 e. The topological polar surface area (TPSA) is 75.6 Å². The van der Waals surface area contributed by atoms with E-state index in [4.69, 9.17) is 9.84 Å². The van der Waals surface area contributed by atoms with Crippen LogP contribution in [0.1, 0.15) is 33.6 Å². The quantitative estimate of drug-likeness (QED) is 0.770. The summed E-state index contributed by atoms with van der Waals surface area (Å²) < 4.78 is 5.16. The van der Waals surface area contributed by atoms with Crippen LogP contribution in [0.4, 0.5) is 4.79 Å². The van der Waals surface area contributed by atoms with Gasteiger partial charge in [-0.3, -0.25) is 4.79 Å². The molecule has 2 aliphatic rings. The zero-order chi connectivity index (χ0) is 12.8. The Morgan fingerprint density at radius 2 is 1.76 bits per heavy atom. The van der Waals surface area contributed by atoms with Gasteiger partial charge in [-0.1, -0.05) is 0 Å². The van der Waals surface area contributed by atoms with Gasteiger partial charge in [-0.25, -0.2) is 4.79 Å². The summed E-state index contributed by atoms with van der Waals surface area (Å²) in [4.78, 5) is 22.3. The van der Waals surface area contributed by atoms with Crippen molar-refractivity contribution < 1.29 is 19.4 Å². The summed E-state index contributed by atoms with van der Waals surface area (Å²) in [6, 6.07) is 0.125. The second kappa shape index (κ2) is 3.89. The van der Waals surface area contributed by atoms with Crippen molar-refractivity contribution in [3.8, 4) is 0 Å². The number of fused-ring (bicyclic) bond motifs is 1. The summed E-state index contributed by atoms with van der Waals surface area (Å²) in [7, 11) is 0. The van der Waals surface area contributed by atoms with Gasteiger partial charge in [-0.15, -0.1) is 0 Å². The lowest BCUT2D eigenvalue weighted by molar-refractivity contribution is -0.141. The van der Waals surface area contributed by atoms with Gasteiger partial charge >= 0.3 is 12.1 Å². The molecule has 5 nitrogen and oxygen atoms in total. The van der Waals surface area contributed by atoms with E-state index in [1.807, 2.05) is 20.8 Å². The number of nitrogens with one attached hydrogen (secondary N) is 1. The zero-order valence-corrected chi connectivity index (χ0v) is 10.4. The number of ether oxygens (including phenoxy) is 1. The molecular weight excluding hydrogens is 222 g/mol. The van der Waals surface area contributed by atoms with Crippen molar-refractivity contribution in [2.75, 3.05) is 0 Å². The fraction of sp³-hybridized carbons (Fsp3) is 0.833. The average Bonchev–Trinajstić information content (AvgIpc) is 2.59. The Labute approximate surface area is 101 Å². The maximum Gasteiger partial charge on any atom is 0.407 e. The van der Waals surface area contributed by atoms with Crippen LogP contribution in [0.25, 0.3) is 0 Å². The highest BCUT2D eigenvalue weighted by Crippen LogP contribution is 2.54. The SMILES string of the molecule is CC(C)(C)OC(=O)NC1[C@H]2CC(C(=O)O)C[C@@H]12. The number of carbonyl (C=O) groups excluding carboxylic acids is 1. The standard InChI is InChI=1S/C12H19NO4/c1-12(2,3)17-11(16)13-9-7-4-6(10(14)15)5-8(7)9/h6-9H,4-5H2,1-3H3,(H,13,16)(H,14,15)/t6?,7-,8+,9?. The van der Waals surface area contributed by atoms with Crippen molar-refractivity contribution in [1.82, 2.24) is 5.32 Å². The van der Waals surface area contributed by atoms with Crippen molar-refractivity contribution in [2.45, 2.75) is 45.3 Å². The number of carboxylic acids is 1. The van der Waals surface area contributed by atoms with E-state index in [1.54, 1.807) is 0 Å². The summed E-state index contributed by atoms with van der Waals surface area (Å²) in [5.74, 6) is -0.262. The van der Waals surface area contributed by atoms with E-state index < -0.39 is 17.7 Å². The van der Waals surface area contributed by atoms with Crippen LogP contribution in [0.3, 0.4) is 0 Å². The summed E-state index contributed by atoms with van der Waals surface area (Å²) in [6.07, 6.45) is 0.963. The smallest absolute Gasteiger partial charge is 0.407 e. The fourth-order valence-corrected chi connectivity index (χ4v) is 2.70. The number of aliphatic carboxylic acids is 1. The normalized spacial score (nSPS) is 35.0. The minimum atomic E-state index is -0.715. The van der Waals surface area contributed by atoms with Crippen LogP contribution < -0.4 is 5.32 Å². The highest BCUT2D eigenvalue weighted by atomic mass is 16.6. The highest BCUT2D eigenvalue weighted by Gasteiger charge is 2.58. The number of hydrogen-bond donors (Lipinski definition) is 2. The van der Waals surface area contributed by atoms with Gasteiger partial charge in [-0.2, -0.15) is 0 Å². The van der Waals surface area contributed by atoms with E-state index in [-0.39, 0.29) is 12.0 Å². The Bertz CT molecular complexity index is 335. The molecule has 0 saturated heterocycles. The van der Waals surface area contributed by atoms with Crippen molar-refractivity contribution >= 4 is 12.1 Å². The number of alkyl carbamates (subject to hydrolysis) is 1. The van der Waals surface area contributed by atoms with Gasteiger partial charge in [-0.05, 0) is 45.4 Å². The number of hydrogen-bond acceptors (Lipinski definition) is 3. The van der Waals surface area contributed by atoms with Crippen LogP contribution in [0.15, 0.2) is 0 Å². The van der Waals surface area contributed by atoms with Gasteiger partial charge in [0.25, 0.3) is 0 Å². The Morgan fingerprint density at radius 1 is 1.24 bits per heavy atom. The third-order valence-electron chi connectivity index (χ3n) is 3.48. The van der Waals surface area contributed by atoms with E-state index >= 15 is 0 Å². The minimum absolute atomic E-state index is 0.125. The number of carbonyl (C=O) groups is 2. The Kier molecular flexibility index (Phi) is 2.79. The lowest BCUT2D eigenvalue weighted by Gasteiger charge is -2.20. The molecule has 2 unspecified atom stereocenters. The summed E-state index contributed by atoms with van der Waals surface area (Å²) >= 11 is 0. The van der Waals surface area contributed by atoms with Gasteiger partial charge in [0.1, 0.15) is 5.60 Å². The molecule has 0 bridgehead atoms. The maximum absolute atomic E-state index is 11.5. The molecular formula is C12H19NO4. The van der Waals surface area contributed by atoms with Crippen molar-refractivity contribution in [1.29, 1.82) is 0 Å². The minimum Gasteiger partial charge on any atom is -0.481 e. The van der Waals surface area contributed by atoms with Gasteiger partial charge in [0.2, 0.25) is 0 Å². The van der Waals surface area contributed by atoms with Crippen molar-refractivity contribution in [3.05, 3.63) is 0 Å². The third-order valence-corrected chi connectivity index (χ3v) is 3.48. The van der Waals surface area contributed by atoms with Crippen LogP contribution in [-0.2, 0) is 9.53 Å². The van der Waals surface area contributed by atoms with Crippen LogP contribution >= 0.6 is 0 Å². The average molecular weight is 241 g/mol. The molecule has 4 atom stereocenters. The molecule has 17 heavy (non-hydrogen) atoms. The number of amides is 1. The van der Waals surface area contributed by atoms with E-state index in [0.717, 1.165) is 0 Å². The van der Waals surface area contributed by atoms with Gasteiger partial charge in [0.15, 0.2) is 0 Å². The Balaban J connectivity index is 1.75. The lowest BCUT2D eigenvalue weighted by Crippen LogP contribution is -2.35. The van der Waals surface area contributed by atoms with Gasteiger partial charge in [0.05, 0.1) is 5.92 Å². The molecule has 2 rings (SSSR count). The Morgan fingerprint density at radius 3 is 2.18 bits per heavy atom. The first-order chi connectivity index (χ1) is 7.78. The van der Waals surface area contributed by atoms with Crippen molar-refractivity contribution in [3.63, 3.8) is 0 Å². The number of rotatable bonds is 2. The molecule has 0 aromatic rings. The summed E-state index contributed by atoms with van der Waals surface area (Å²) in [5.41, 5.74) is -0.488. The molecule has 0 aromatic carbocycles. The molecule has 0 aromatic heterocycles. The first kappa shape index (κ1) is 12.2. The van der Waals surface area contributed by atoms with Crippen LogP contribution in [0, 0.1) is 17.8 Å². The molecule has 0 spiro atoms. The number of carboxylic acid groups (broad SMARTS) is 1. The fourth-order valence-electron chi connectivity index (χ4n) is 2.70. The molecule has 96 valence electrons. The van der Waals surface area contributed by atoms with E-state index in [9.17, 15) is 9.59 Å². The zero-order valence-electron chi connectivity index (χ0n) is 10.4. The maximum atomic E-state index is 11.5. The highest BCUT2D eigenvalue weighted by molar-refractivity contribution is 5.72. The van der Waals surface area contributed by atoms with E-state index in [0.29, 0.717) is 24.7 Å². The third kappa shape index (κ3) is 2.70. The summed E-state index contributed by atoms with van der Waals surface area (Å²) in [5, 5.41) is 11.7. The first-order valence-corrected chi connectivity index (χ1v) is 6.00. The predicted octanol–water partition coefficient (Wildman–Crippen LogP) is 1.62. The molecule has 0 radical (unpaired) electrons. The van der Waals surface area contributed by atoms with Crippen LogP contribution in [0.2, 0.25) is 0 Å². The lowest BCUT2D eigenvalue weighted by atomic mass is 10.0. The molecule has 2 N–H and O–H groups in total. The molecule has 2 fully saturated rings. The van der Waals surface area contributed by atoms with Crippen LogP contribution in [0.5, 0.6) is 0 Å². The molecule has 2 aliphatic carbocycles. The van der Waals surface area contributed by atoms with Crippen LogP contribution in [-0.4, -0.2) is 28.8 Å². The molecule has 0 heterocycles. The predicted molar refractivity (Wildman–Crippen MR) is 60.5 cm³/mol. The summed E-state index contributed by atoms with van der Waals surface area (Å²) in [6.45, 7) is 5.46. The second-order valence-corrected chi connectivity index (χ2v) is 6.01. The van der Waals surface area contributed by atoms with E-state index in [1.165, 1.54) is 0 Å². The second-order valence-electron chi connectivity index (χ2n) is 6.01. The van der Waals surface area contributed by atoms with Gasteiger partial charge < -0.3 is 15.2 Å². The molecule has 2 saturated carbocycles. The Hall–Kier alpha value is -1.26. The first-order valence-electron chi connectivity index (χ1n) is 6.00. The molecule has 5 heteroatoms.